The van der Waals surface area contributed by atoms with Crippen LogP contribution in [0.1, 0.15) is 6.92 Å². The van der Waals surface area contributed by atoms with Crippen molar-refractivity contribution in [3.8, 4) is 6.07 Å². The van der Waals surface area contributed by atoms with Gasteiger partial charge in [0.2, 0.25) is 10.0 Å². The summed E-state index contributed by atoms with van der Waals surface area (Å²) in [7, 11) is -3.80. The van der Waals surface area contributed by atoms with Crippen molar-refractivity contribution in [2.75, 3.05) is 26.2 Å². The normalized spacial score (nSPS) is 19.4. The largest absolute Gasteiger partial charge is 0.286 e. The number of hydrogen-bond donors (Lipinski definition) is 0. The molecule has 5 nitrogen and oxygen atoms in total. The van der Waals surface area contributed by atoms with Crippen LogP contribution < -0.4 is 0 Å². The summed E-state index contributed by atoms with van der Waals surface area (Å²) in [5, 5.41) is 8.85. The Morgan fingerprint density at radius 3 is 2.40 bits per heavy atom. The highest BCUT2D eigenvalue weighted by Crippen LogP contribution is 2.20. The van der Waals surface area contributed by atoms with Gasteiger partial charge >= 0.3 is 0 Å². The standard InChI is InChI=1S/C13H16FN3O2S/c1-11(10-15)16-6-8-17(9-7-16)20(18,19)13-5-3-2-4-12(13)14/h2-5,11H,6-9H2,1H3. The highest BCUT2D eigenvalue weighted by Gasteiger charge is 2.31. The minimum Gasteiger partial charge on any atom is -0.286 e. The van der Waals surface area contributed by atoms with Crippen LogP contribution in [0.3, 0.4) is 0 Å². The van der Waals surface area contributed by atoms with E-state index in [-0.39, 0.29) is 24.0 Å². The fraction of sp³-hybridized carbons (Fsp3) is 0.462. The zero-order valence-corrected chi connectivity index (χ0v) is 12.0. The van der Waals surface area contributed by atoms with Gasteiger partial charge in [0.15, 0.2) is 0 Å². The minimum absolute atomic E-state index is 0.242. The molecule has 1 aliphatic rings. The average molecular weight is 297 g/mol. The molecule has 2 rings (SSSR count). The van der Waals surface area contributed by atoms with Crippen molar-refractivity contribution in [2.45, 2.75) is 17.9 Å². The molecule has 0 saturated carbocycles. The Morgan fingerprint density at radius 2 is 1.85 bits per heavy atom. The molecular weight excluding hydrogens is 281 g/mol. The van der Waals surface area contributed by atoms with Gasteiger partial charge in [-0.15, -0.1) is 0 Å². The summed E-state index contributed by atoms with van der Waals surface area (Å²) in [6.07, 6.45) is 0. The lowest BCUT2D eigenvalue weighted by molar-refractivity contribution is 0.169. The molecule has 0 N–H and O–H groups in total. The van der Waals surface area contributed by atoms with E-state index in [4.69, 9.17) is 5.26 Å². The fourth-order valence-corrected chi connectivity index (χ4v) is 3.69. The number of nitriles is 1. The average Bonchev–Trinajstić information content (AvgIpc) is 2.47. The first-order chi connectivity index (χ1) is 9.46. The van der Waals surface area contributed by atoms with Gasteiger partial charge in [0.05, 0.1) is 12.1 Å². The first kappa shape index (κ1) is 14.9. The van der Waals surface area contributed by atoms with E-state index in [1.165, 1.54) is 22.5 Å². The van der Waals surface area contributed by atoms with E-state index in [0.29, 0.717) is 13.1 Å². The van der Waals surface area contributed by atoms with E-state index < -0.39 is 15.8 Å². The molecule has 1 aromatic carbocycles. The minimum atomic E-state index is -3.80. The Morgan fingerprint density at radius 1 is 1.25 bits per heavy atom. The van der Waals surface area contributed by atoms with Crippen molar-refractivity contribution in [2.24, 2.45) is 0 Å². The lowest BCUT2D eigenvalue weighted by Crippen LogP contribution is -2.51. The van der Waals surface area contributed by atoms with E-state index >= 15 is 0 Å². The Labute approximate surface area is 118 Å². The molecule has 20 heavy (non-hydrogen) atoms. The molecule has 0 radical (unpaired) electrons. The third kappa shape index (κ3) is 2.82. The van der Waals surface area contributed by atoms with Gasteiger partial charge in [-0.3, -0.25) is 4.90 Å². The molecule has 1 heterocycles. The van der Waals surface area contributed by atoms with Gasteiger partial charge in [-0.25, -0.2) is 12.8 Å². The number of nitrogens with zero attached hydrogens (tertiary/aromatic N) is 3. The molecule has 0 spiro atoms. The molecule has 1 atom stereocenters. The van der Waals surface area contributed by atoms with Gasteiger partial charge in [-0.2, -0.15) is 9.57 Å². The van der Waals surface area contributed by atoms with E-state index in [9.17, 15) is 12.8 Å². The lowest BCUT2D eigenvalue weighted by atomic mass is 10.2. The number of benzene rings is 1. The Bertz CT molecular complexity index is 619. The number of sulfonamides is 1. The Hall–Kier alpha value is -1.49. The van der Waals surface area contributed by atoms with Crippen LogP contribution in [0.25, 0.3) is 0 Å². The Kier molecular flexibility index (Phi) is 4.38. The predicted molar refractivity (Wildman–Crippen MR) is 71.8 cm³/mol. The molecule has 0 amide bonds. The van der Waals surface area contributed by atoms with E-state index in [2.05, 4.69) is 6.07 Å². The van der Waals surface area contributed by atoms with Crippen LogP contribution in [-0.2, 0) is 10.0 Å². The van der Waals surface area contributed by atoms with Crippen molar-refractivity contribution in [1.82, 2.24) is 9.21 Å². The van der Waals surface area contributed by atoms with Crippen LogP contribution in [0.2, 0.25) is 0 Å². The van der Waals surface area contributed by atoms with Crippen LogP contribution in [0.4, 0.5) is 4.39 Å². The summed E-state index contributed by atoms with van der Waals surface area (Å²) in [5.41, 5.74) is 0. The van der Waals surface area contributed by atoms with Crippen molar-refractivity contribution >= 4 is 10.0 Å². The summed E-state index contributed by atoms with van der Waals surface area (Å²) < 4.78 is 39.6. The van der Waals surface area contributed by atoms with E-state index in [0.717, 1.165) is 6.07 Å². The first-order valence-electron chi connectivity index (χ1n) is 6.35. The van der Waals surface area contributed by atoms with Crippen molar-refractivity contribution in [3.63, 3.8) is 0 Å². The number of halogens is 1. The van der Waals surface area contributed by atoms with Gasteiger partial charge in [0.25, 0.3) is 0 Å². The molecule has 0 aromatic heterocycles. The maximum atomic E-state index is 13.6. The molecule has 7 heteroatoms. The maximum absolute atomic E-state index is 13.6. The van der Waals surface area contributed by atoms with Gasteiger partial charge in [0.1, 0.15) is 10.7 Å². The first-order valence-corrected chi connectivity index (χ1v) is 7.79. The second-order valence-corrected chi connectivity index (χ2v) is 6.58. The number of piperazine rings is 1. The molecular formula is C13H16FN3O2S. The van der Waals surface area contributed by atoms with Crippen molar-refractivity contribution in [3.05, 3.63) is 30.1 Å². The molecule has 1 fully saturated rings. The molecule has 1 aromatic rings. The topological polar surface area (TPSA) is 64.4 Å². The molecule has 1 unspecified atom stereocenters. The second-order valence-electron chi connectivity index (χ2n) is 4.68. The van der Waals surface area contributed by atoms with Crippen LogP contribution in [-0.4, -0.2) is 49.8 Å². The highest BCUT2D eigenvalue weighted by atomic mass is 32.2. The monoisotopic (exact) mass is 297 g/mol. The van der Waals surface area contributed by atoms with Crippen molar-refractivity contribution < 1.29 is 12.8 Å². The summed E-state index contributed by atoms with van der Waals surface area (Å²) in [6, 6.07) is 7.26. The molecule has 0 aliphatic carbocycles. The SMILES string of the molecule is CC(C#N)N1CCN(S(=O)(=O)c2ccccc2F)CC1. The zero-order valence-electron chi connectivity index (χ0n) is 11.2. The summed E-state index contributed by atoms with van der Waals surface area (Å²) in [5.74, 6) is -0.736. The highest BCUT2D eigenvalue weighted by molar-refractivity contribution is 7.89. The third-order valence-corrected chi connectivity index (χ3v) is 5.39. The van der Waals surface area contributed by atoms with Gasteiger partial charge < -0.3 is 0 Å². The van der Waals surface area contributed by atoms with Crippen LogP contribution in [0.5, 0.6) is 0 Å². The quantitative estimate of drug-likeness (QED) is 0.836. The fourth-order valence-electron chi connectivity index (χ4n) is 2.21. The van der Waals surface area contributed by atoms with Crippen molar-refractivity contribution in [1.29, 1.82) is 5.26 Å². The molecule has 0 bridgehead atoms. The molecule has 1 saturated heterocycles. The number of hydrogen-bond acceptors (Lipinski definition) is 4. The van der Waals surface area contributed by atoms with Crippen LogP contribution in [0.15, 0.2) is 29.2 Å². The predicted octanol–water partition coefficient (Wildman–Crippen LogP) is 1.04. The van der Waals surface area contributed by atoms with Gasteiger partial charge in [0, 0.05) is 26.2 Å². The summed E-state index contributed by atoms with van der Waals surface area (Å²) in [6.45, 7) is 3.26. The molecule has 108 valence electrons. The van der Waals surface area contributed by atoms with E-state index in [1.807, 2.05) is 4.90 Å². The van der Waals surface area contributed by atoms with Gasteiger partial charge in [-0.05, 0) is 19.1 Å². The second kappa shape index (κ2) is 5.87. The Balaban J connectivity index is 2.15. The van der Waals surface area contributed by atoms with Gasteiger partial charge in [-0.1, -0.05) is 12.1 Å². The smallest absolute Gasteiger partial charge is 0.246 e. The molecule has 1 aliphatic heterocycles. The third-order valence-electron chi connectivity index (χ3n) is 3.46. The summed E-state index contributed by atoms with van der Waals surface area (Å²) >= 11 is 0. The maximum Gasteiger partial charge on any atom is 0.246 e. The van der Waals surface area contributed by atoms with E-state index in [1.54, 1.807) is 6.92 Å². The lowest BCUT2D eigenvalue weighted by Gasteiger charge is -2.35. The number of rotatable bonds is 3. The zero-order chi connectivity index (χ0) is 14.8. The van der Waals surface area contributed by atoms with Crippen LogP contribution >= 0.6 is 0 Å². The summed E-state index contributed by atoms with van der Waals surface area (Å²) in [4.78, 5) is 1.62. The van der Waals surface area contributed by atoms with Crippen LogP contribution in [0, 0.1) is 17.1 Å².